The van der Waals surface area contributed by atoms with Crippen LogP contribution in [0.1, 0.15) is 18.9 Å². The van der Waals surface area contributed by atoms with Gasteiger partial charge in [-0.25, -0.2) is 0 Å². The molecule has 0 amide bonds. The first-order valence-corrected chi connectivity index (χ1v) is 7.26. The van der Waals surface area contributed by atoms with Crippen molar-refractivity contribution in [3.63, 3.8) is 0 Å². The fraction of sp³-hybridized carbons (Fsp3) is 0.467. The van der Waals surface area contributed by atoms with Crippen molar-refractivity contribution in [2.45, 2.75) is 19.1 Å². The Hall–Kier alpha value is -2.12. The number of nitrogens with zero attached hydrogens (tertiary/aromatic N) is 3. The number of likely N-dealkylation sites (N-methyl/N-ethyl adjacent to an activating group) is 1. The van der Waals surface area contributed by atoms with Crippen molar-refractivity contribution < 1.29 is 18.6 Å². The molecule has 0 bridgehead atoms. The monoisotopic (exact) mass is 303 g/mol. The van der Waals surface area contributed by atoms with E-state index in [4.69, 9.17) is 18.6 Å². The second-order valence-electron chi connectivity index (χ2n) is 5.67. The molecular formula is C15H17N3O4. The summed E-state index contributed by atoms with van der Waals surface area (Å²) in [5.74, 6) is 2.39. The van der Waals surface area contributed by atoms with Crippen LogP contribution in [0.2, 0.25) is 0 Å². The van der Waals surface area contributed by atoms with Crippen molar-refractivity contribution in [2.75, 3.05) is 26.9 Å². The first-order chi connectivity index (χ1) is 10.7. The Balaban J connectivity index is 1.59. The van der Waals surface area contributed by atoms with E-state index >= 15 is 0 Å². The molecule has 2 aliphatic rings. The molecule has 0 aliphatic carbocycles. The lowest BCUT2D eigenvalue weighted by Gasteiger charge is -2.32. The zero-order valence-electron chi connectivity index (χ0n) is 12.5. The Kier molecular flexibility index (Phi) is 3.24. The number of ether oxygens (including phenoxy) is 3. The van der Waals surface area contributed by atoms with Crippen LogP contribution in [0, 0.1) is 0 Å². The Bertz CT molecular complexity index is 677. The minimum Gasteiger partial charge on any atom is -0.454 e. The van der Waals surface area contributed by atoms with Crippen molar-refractivity contribution >= 4 is 0 Å². The van der Waals surface area contributed by atoms with Gasteiger partial charge in [0.05, 0.1) is 6.10 Å². The van der Waals surface area contributed by atoms with Gasteiger partial charge in [0.1, 0.15) is 6.10 Å². The molecule has 116 valence electrons. The molecule has 1 aromatic carbocycles. The summed E-state index contributed by atoms with van der Waals surface area (Å²) < 4.78 is 22.3. The molecule has 1 fully saturated rings. The van der Waals surface area contributed by atoms with Gasteiger partial charge in [0.2, 0.25) is 18.6 Å². The van der Waals surface area contributed by atoms with Crippen LogP contribution in [0.5, 0.6) is 11.5 Å². The SMILES string of the molecule is C[C@@H]1CN(C)C[C@H](c2nnc(-c3ccc4c(c3)OCO4)o2)O1. The molecule has 7 heteroatoms. The highest BCUT2D eigenvalue weighted by atomic mass is 16.7. The van der Waals surface area contributed by atoms with Crippen LogP contribution in [0.4, 0.5) is 0 Å². The van der Waals surface area contributed by atoms with Crippen molar-refractivity contribution in [2.24, 2.45) is 0 Å². The van der Waals surface area contributed by atoms with Crippen LogP contribution in [0.15, 0.2) is 22.6 Å². The highest BCUT2D eigenvalue weighted by Crippen LogP contribution is 2.36. The number of fused-ring (bicyclic) bond motifs is 1. The van der Waals surface area contributed by atoms with Gasteiger partial charge in [-0.05, 0) is 32.2 Å². The number of aromatic nitrogens is 2. The molecule has 0 spiro atoms. The molecule has 4 rings (SSSR count). The van der Waals surface area contributed by atoms with Gasteiger partial charge in [0.25, 0.3) is 0 Å². The second-order valence-corrected chi connectivity index (χ2v) is 5.67. The standard InChI is InChI=1S/C15H17N3O4/c1-9-6-18(2)7-13(21-9)15-17-16-14(22-15)10-3-4-11-12(5-10)20-8-19-11/h3-5,9,13H,6-8H2,1-2H3/t9-,13-/m1/s1. The lowest BCUT2D eigenvalue weighted by Crippen LogP contribution is -2.40. The van der Waals surface area contributed by atoms with Gasteiger partial charge in [-0.1, -0.05) is 0 Å². The molecular weight excluding hydrogens is 286 g/mol. The summed E-state index contributed by atoms with van der Waals surface area (Å²) in [5.41, 5.74) is 0.806. The fourth-order valence-corrected chi connectivity index (χ4v) is 2.81. The van der Waals surface area contributed by atoms with Gasteiger partial charge in [0, 0.05) is 18.7 Å². The summed E-state index contributed by atoms with van der Waals surface area (Å²) in [4.78, 5) is 2.20. The van der Waals surface area contributed by atoms with Crippen molar-refractivity contribution in [1.82, 2.24) is 15.1 Å². The van der Waals surface area contributed by atoms with Gasteiger partial charge in [-0.3, -0.25) is 0 Å². The van der Waals surface area contributed by atoms with Crippen LogP contribution >= 0.6 is 0 Å². The van der Waals surface area contributed by atoms with E-state index in [1.807, 2.05) is 25.1 Å². The first kappa shape index (κ1) is 13.5. The maximum absolute atomic E-state index is 5.88. The molecule has 22 heavy (non-hydrogen) atoms. The highest BCUT2D eigenvalue weighted by Gasteiger charge is 2.29. The maximum Gasteiger partial charge on any atom is 0.248 e. The van der Waals surface area contributed by atoms with Crippen molar-refractivity contribution in [1.29, 1.82) is 0 Å². The van der Waals surface area contributed by atoms with Crippen LogP contribution < -0.4 is 9.47 Å². The Labute approximate surface area is 127 Å². The number of morpholine rings is 1. The van der Waals surface area contributed by atoms with Gasteiger partial charge in [-0.2, -0.15) is 0 Å². The average molecular weight is 303 g/mol. The summed E-state index contributed by atoms with van der Waals surface area (Å²) in [6, 6.07) is 5.56. The minimum atomic E-state index is -0.191. The molecule has 2 aromatic rings. The fourth-order valence-electron chi connectivity index (χ4n) is 2.81. The second kappa shape index (κ2) is 5.26. The lowest BCUT2D eigenvalue weighted by atomic mass is 10.2. The number of hydrogen-bond acceptors (Lipinski definition) is 7. The van der Waals surface area contributed by atoms with E-state index in [1.165, 1.54) is 0 Å². The molecule has 0 unspecified atom stereocenters. The van der Waals surface area contributed by atoms with E-state index in [0.29, 0.717) is 17.5 Å². The topological polar surface area (TPSA) is 69.9 Å². The Morgan fingerprint density at radius 1 is 1.14 bits per heavy atom. The molecule has 3 heterocycles. The summed E-state index contributed by atoms with van der Waals surface area (Å²) in [7, 11) is 2.06. The van der Waals surface area contributed by atoms with Crippen LogP contribution in [-0.2, 0) is 4.74 Å². The van der Waals surface area contributed by atoms with Gasteiger partial charge < -0.3 is 23.5 Å². The molecule has 0 saturated carbocycles. The summed E-state index contributed by atoms with van der Waals surface area (Å²) in [6.07, 6.45) is -0.0475. The molecule has 0 radical (unpaired) electrons. The number of hydrogen-bond donors (Lipinski definition) is 0. The smallest absolute Gasteiger partial charge is 0.248 e. The van der Waals surface area contributed by atoms with E-state index < -0.39 is 0 Å². The van der Waals surface area contributed by atoms with E-state index in [-0.39, 0.29) is 19.0 Å². The third kappa shape index (κ3) is 2.42. The predicted molar refractivity (Wildman–Crippen MR) is 76.6 cm³/mol. The minimum absolute atomic E-state index is 0.143. The zero-order valence-corrected chi connectivity index (χ0v) is 12.5. The predicted octanol–water partition coefficient (Wildman–Crippen LogP) is 1.86. The van der Waals surface area contributed by atoms with E-state index in [2.05, 4.69) is 22.1 Å². The Morgan fingerprint density at radius 2 is 2.00 bits per heavy atom. The summed E-state index contributed by atoms with van der Waals surface area (Å²) in [6.45, 7) is 3.93. The number of benzene rings is 1. The quantitative estimate of drug-likeness (QED) is 0.838. The molecule has 7 nitrogen and oxygen atoms in total. The van der Waals surface area contributed by atoms with Crippen molar-refractivity contribution in [3.05, 3.63) is 24.1 Å². The van der Waals surface area contributed by atoms with Crippen LogP contribution in [-0.4, -0.2) is 48.1 Å². The summed E-state index contributed by atoms with van der Waals surface area (Å²) in [5, 5.41) is 8.26. The normalized spacial score (nSPS) is 24.6. The third-order valence-electron chi connectivity index (χ3n) is 3.78. The largest absolute Gasteiger partial charge is 0.454 e. The van der Waals surface area contributed by atoms with Gasteiger partial charge in [-0.15, -0.1) is 10.2 Å². The van der Waals surface area contributed by atoms with E-state index in [0.717, 1.165) is 24.4 Å². The van der Waals surface area contributed by atoms with Gasteiger partial charge >= 0.3 is 0 Å². The Morgan fingerprint density at radius 3 is 2.86 bits per heavy atom. The molecule has 1 aromatic heterocycles. The lowest BCUT2D eigenvalue weighted by molar-refractivity contribution is -0.0821. The zero-order chi connectivity index (χ0) is 15.1. The third-order valence-corrected chi connectivity index (χ3v) is 3.78. The first-order valence-electron chi connectivity index (χ1n) is 7.26. The average Bonchev–Trinajstić information content (AvgIpc) is 3.14. The van der Waals surface area contributed by atoms with Gasteiger partial charge in [0.15, 0.2) is 11.5 Å². The van der Waals surface area contributed by atoms with Crippen molar-refractivity contribution in [3.8, 4) is 23.0 Å². The molecule has 2 aliphatic heterocycles. The number of rotatable bonds is 2. The van der Waals surface area contributed by atoms with Crippen LogP contribution in [0.25, 0.3) is 11.5 Å². The van der Waals surface area contributed by atoms with E-state index in [1.54, 1.807) is 0 Å². The maximum atomic E-state index is 5.88. The van der Waals surface area contributed by atoms with E-state index in [9.17, 15) is 0 Å². The molecule has 1 saturated heterocycles. The highest BCUT2D eigenvalue weighted by molar-refractivity contribution is 5.60. The van der Waals surface area contributed by atoms with Crippen LogP contribution in [0.3, 0.4) is 0 Å². The molecule has 2 atom stereocenters. The molecule has 0 N–H and O–H groups in total. The summed E-state index contributed by atoms with van der Waals surface area (Å²) >= 11 is 0.